The standard InChI is InChI=1S/C26H33N7O4S2/c1-16-10-21(38-24(16)39(6,35)36)30-22-23-27-12-20(18-11-28-31(5)13-18)33(23)15-19(29-22)17-8-7-9-32(14-17)25(34)37-26(2,3)4/h8,11-13,15,21H,7,9-10,14H2,1-6H3,(H,29,30). The Labute approximate surface area is 232 Å². The minimum Gasteiger partial charge on any atom is -0.444 e. The van der Waals surface area contributed by atoms with Crippen LogP contribution in [-0.2, 0) is 21.6 Å². The van der Waals surface area contributed by atoms with Gasteiger partial charge in [0.05, 0.1) is 35.7 Å². The molecule has 0 radical (unpaired) electrons. The van der Waals surface area contributed by atoms with Gasteiger partial charge < -0.3 is 15.0 Å². The maximum Gasteiger partial charge on any atom is 0.410 e. The Morgan fingerprint density at radius 1 is 1.23 bits per heavy atom. The third-order valence-electron chi connectivity index (χ3n) is 6.35. The summed E-state index contributed by atoms with van der Waals surface area (Å²) in [7, 11) is -1.45. The maximum absolute atomic E-state index is 12.8. The molecular formula is C26H33N7O4S2. The second kappa shape index (κ2) is 10.0. The molecule has 1 unspecified atom stereocenters. The van der Waals surface area contributed by atoms with Gasteiger partial charge in [0, 0.05) is 44.2 Å². The van der Waals surface area contributed by atoms with Gasteiger partial charge in [0.25, 0.3) is 0 Å². The molecule has 0 saturated heterocycles. The predicted molar refractivity (Wildman–Crippen MR) is 153 cm³/mol. The van der Waals surface area contributed by atoms with E-state index in [1.807, 2.05) is 51.5 Å². The molecule has 0 fully saturated rings. The highest BCUT2D eigenvalue weighted by molar-refractivity contribution is 8.19. The first-order valence-corrected chi connectivity index (χ1v) is 15.4. The number of imidazole rings is 1. The number of sulfone groups is 1. The van der Waals surface area contributed by atoms with E-state index in [1.54, 1.807) is 22.0 Å². The Morgan fingerprint density at radius 2 is 2.00 bits per heavy atom. The summed E-state index contributed by atoms with van der Waals surface area (Å²) in [6.45, 7) is 8.33. The topological polar surface area (TPSA) is 124 Å². The van der Waals surface area contributed by atoms with Crippen molar-refractivity contribution in [2.45, 2.75) is 51.5 Å². The Bertz CT molecular complexity index is 1610. The summed E-state index contributed by atoms with van der Waals surface area (Å²) in [6.07, 6.45) is 11.6. The summed E-state index contributed by atoms with van der Waals surface area (Å²) in [4.78, 5) is 24.1. The van der Waals surface area contributed by atoms with E-state index in [2.05, 4.69) is 21.5 Å². The summed E-state index contributed by atoms with van der Waals surface area (Å²) >= 11 is 1.29. The van der Waals surface area contributed by atoms with Crippen LogP contribution in [0.5, 0.6) is 0 Å². The van der Waals surface area contributed by atoms with Gasteiger partial charge in [-0.3, -0.25) is 9.08 Å². The van der Waals surface area contributed by atoms with Crippen molar-refractivity contribution < 1.29 is 17.9 Å². The van der Waals surface area contributed by atoms with E-state index >= 15 is 0 Å². The van der Waals surface area contributed by atoms with Crippen molar-refractivity contribution in [3.63, 3.8) is 0 Å². The minimum absolute atomic E-state index is 0.210. The molecule has 0 aliphatic carbocycles. The molecule has 0 spiro atoms. The number of nitrogens with one attached hydrogen (secondary N) is 1. The van der Waals surface area contributed by atoms with Gasteiger partial charge in [0.15, 0.2) is 21.3 Å². The molecule has 0 saturated carbocycles. The monoisotopic (exact) mass is 571 g/mol. The first-order valence-electron chi connectivity index (χ1n) is 12.7. The third kappa shape index (κ3) is 5.83. The molecule has 5 heterocycles. The van der Waals surface area contributed by atoms with Crippen molar-refractivity contribution in [3.8, 4) is 11.3 Å². The molecule has 0 bridgehead atoms. The Balaban J connectivity index is 1.52. The largest absolute Gasteiger partial charge is 0.444 e. The van der Waals surface area contributed by atoms with Crippen molar-refractivity contribution in [1.82, 2.24) is 29.0 Å². The lowest BCUT2D eigenvalue weighted by Crippen LogP contribution is -2.39. The molecule has 3 aromatic heterocycles. The fourth-order valence-electron chi connectivity index (χ4n) is 4.69. The van der Waals surface area contributed by atoms with Crippen LogP contribution in [0.1, 0.15) is 46.2 Å². The van der Waals surface area contributed by atoms with Gasteiger partial charge in [-0.05, 0) is 45.3 Å². The van der Waals surface area contributed by atoms with E-state index in [1.165, 1.54) is 18.0 Å². The number of rotatable bonds is 5. The van der Waals surface area contributed by atoms with Gasteiger partial charge in [-0.15, -0.1) is 0 Å². The lowest BCUT2D eigenvalue weighted by molar-refractivity contribution is 0.0273. The first-order chi connectivity index (χ1) is 18.3. The third-order valence-corrected chi connectivity index (χ3v) is 9.70. The number of fused-ring (bicyclic) bond motifs is 1. The van der Waals surface area contributed by atoms with Crippen LogP contribution in [-0.4, -0.2) is 73.9 Å². The molecule has 0 aromatic carbocycles. The van der Waals surface area contributed by atoms with E-state index in [4.69, 9.17) is 9.72 Å². The highest BCUT2D eigenvalue weighted by atomic mass is 32.3. The zero-order valence-corrected chi connectivity index (χ0v) is 24.6. The Hall–Kier alpha value is -3.32. The Kier molecular flexibility index (Phi) is 7.00. The number of aryl methyl sites for hydroxylation is 1. The number of hydrogen-bond donors (Lipinski definition) is 1. The SMILES string of the molecule is CC1=C(S(C)(=O)=O)SC(Nc2nc(C3=CCCN(C(=O)OC(C)(C)C)C3)cn3c(-c4cnn(C)c4)cnc23)C1. The number of anilines is 1. The van der Waals surface area contributed by atoms with E-state index in [0.29, 0.717) is 47.3 Å². The molecule has 2 aliphatic heterocycles. The van der Waals surface area contributed by atoms with E-state index in [9.17, 15) is 13.2 Å². The van der Waals surface area contributed by atoms with Crippen LogP contribution in [0, 0.1) is 0 Å². The van der Waals surface area contributed by atoms with Gasteiger partial charge in [0.2, 0.25) is 0 Å². The number of aromatic nitrogens is 5. The molecule has 1 N–H and O–H groups in total. The number of carbonyl (C=O) groups is 1. The van der Waals surface area contributed by atoms with E-state index < -0.39 is 15.4 Å². The summed E-state index contributed by atoms with van der Waals surface area (Å²) < 4.78 is 34.2. The van der Waals surface area contributed by atoms with E-state index in [-0.39, 0.29) is 11.5 Å². The summed E-state index contributed by atoms with van der Waals surface area (Å²) in [6, 6.07) is 0. The fraction of sp³-hybridized carbons (Fsp3) is 0.462. The first kappa shape index (κ1) is 27.3. The molecule has 1 amide bonds. The molecule has 13 heteroatoms. The second-order valence-electron chi connectivity index (χ2n) is 10.9. The molecule has 39 heavy (non-hydrogen) atoms. The zero-order chi connectivity index (χ0) is 28.1. The van der Waals surface area contributed by atoms with Crippen molar-refractivity contribution >= 4 is 44.7 Å². The molecule has 208 valence electrons. The van der Waals surface area contributed by atoms with E-state index in [0.717, 1.165) is 22.4 Å². The summed E-state index contributed by atoms with van der Waals surface area (Å²) in [5.74, 6) is 0.540. The van der Waals surface area contributed by atoms with Gasteiger partial charge in [-0.1, -0.05) is 17.8 Å². The van der Waals surface area contributed by atoms with Gasteiger partial charge in [-0.25, -0.2) is 23.2 Å². The van der Waals surface area contributed by atoms with Crippen molar-refractivity contribution in [2.24, 2.45) is 7.05 Å². The zero-order valence-electron chi connectivity index (χ0n) is 22.9. The van der Waals surface area contributed by atoms with Crippen LogP contribution < -0.4 is 5.32 Å². The highest BCUT2D eigenvalue weighted by Gasteiger charge is 2.30. The van der Waals surface area contributed by atoms with Crippen molar-refractivity contribution in [2.75, 3.05) is 24.7 Å². The van der Waals surface area contributed by atoms with Crippen LogP contribution in [0.3, 0.4) is 0 Å². The number of carbonyl (C=O) groups excluding carboxylic acids is 1. The average Bonchev–Trinajstić information content (AvgIpc) is 3.55. The predicted octanol–water partition coefficient (Wildman–Crippen LogP) is 4.31. The quantitative estimate of drug-likeness (QED) is 0.477. The maximum atomic E-state index is 12.8. The number of thioether (sulfide) groups is 1. The van der Waals surface area contributed by atoms with Crippen LogP contribution >= 0.6 is 11.8 Å². The van der Waals surface area contributed by atoms with Gasteiger partial charge in [0.1, 0.15) is 9.84 Å². The number of nitrogens with zero attached hydrogens (tertiary/aromatic N) is 6. The molecule has 5 rings (SSSR count). The number of amides is 1. The van der Waals surface area contributed by atoms with Crippen molar-refractivity contribution in [3.05, 3.63) is 46.4 Å². The minimum atomic E-state index is -3.31. The summed E-state index contributed by atoms with van der Waals surface area (Å²) in [5.41, 5.74) is 4.19. The van der Waals surface area contributed by atoms with Gasteiger partial charge >= 0.3 is 6.09 Å². The number of hydrogen-bond acceptors (Lipinski definition) is 9. The van der Waals surface area contributed by atoms with Gasteiger partial charge in [-0.2, -0.15) is 5.10 Å². The molecular weight excluding hydrogens is 538 g/mol. The average molecular weight is 572 g/mol. The highest BCUT2D eigenvalue weighted by Crippen LogP contribution is 2.41. The smallest absolute Gasteiger partial charge is 0.410 e. The molecule has 2 aliphatic rings. The van der Waals surface area contributed by atoms with Crippen LogP contribution in [0.4, 0.5) is 10.6 Å². The number of ether oxygens (including phenoxy) is 1. The molecule has 11 nitrogen and oxygen atoms in total. The lowest BCUT2D eigenvalue weighted by Gasteiger charge is -2.30. The van der Waals surface area contributed by atoms with Crippen LogP contribution in [0.15, 0.2) is 40.7 Å². The molecule has 3 aromatic rings. The van der Waals surface area contributed by atoms with Crippen LogP contribution in [0.25, 0.3) is 22.5 Å². The van der Waals surface area contributed by atoms with Crippen molar-refractivity contribution in [1.29, 1.82) is 0 Å². The molecule has 1 atom stereocenters. The second-order valence-corrected chi connectivity index (χ2v) is 14.4. The lowest BCUT2D eigenvalue weighted by atomic mass is 10.1. The fourth-order valence-corrected chi connectivity index (χ4v) is 7.50. The van der Waals surface area contributed by atoms with Crippen LogP contribution in [0.2, 0.25) is 0 Å². The summed E-state index contributed by atoms with van der Waals surface area (Å²) in [5, 5.41) is 7.53. The Morgan fingerprint density at radius 3 is 2.64 bits per heavy atom. The normalized spacial score (nSPS) is 18.6.